The molecule has 12 aromatic rings. The summed E-state index contributed by atoms with van der Waals surface area (Å²) in [6.07, 6.45) is 3.24. The number of nitrogens with zero attached hydrogens (tertiary/aromatic N) is 4. The van der Waals surface area contributed by atoms with Gasteiger partial charge >= 0.3 is 0 Å². The van der Waals surface area contributed by atoms with E-state index in [1.165, 1.54) is 74.0 Å². The zero-order valence-corrected chi connectivity index (χ0v) is 41.6. The van der Waals surface area contributed by atoms with E-state index in [9.17, 15) is 0 Å². The number of fused-ring (bicyclic) bond motifs is 7. The number of hydrogen-bond acceptors (Lipinski definition) is 6. The number of aromatic nitrogens is 3. The van der Waals surface area contributed by atoms with Gasteiger partial charge in [-0.25, -0.2) is 15.0 Å². The molecule has 13 rings (SSSR count). The molecule has 6 heteroatoms. The van der Waals surface area contributed by atoms with Gasteiger partial charge in [-0.3, -0.25) is 0 Å². The first kappa shape index (κ1) is 43.0. The average molecular weight is 949 g/mol. The SMILES string of the molecule is CC1=CCc2cc(C(C)(C)C)cc(-c3ccccc3)c2N1c1c(-c2ccccc2)cc(-c2nc(-c3ccc4c(c3)sc3ccccc34)nc(-c3ccc4c(c3)sc3ccccc34)n2)cc1-c1ccccc1. The van der Waals surface area contributed by atoms with Gasteiger partial charge in [0.2, 0.25) is 0 Å². The molecule has 0 amide bonds. The second kappa shape index (κ2) is 17.1. The van der Waals surface area contributed by atoms with Crippen LogP contribution in [0.15, 0.2) is 212 Å². The van der Waals surface area contributed by atoms with Crippen LogP contribution in [0.1, 0.15) is 38.8 Å². The second-order valence-electron chi connectivity index (χ2n) is 19.6. The number of rotatable bonds is 7. The van der Waals surface area contributed by atoms with Crippen molar-refractivity contribution in [1.82, 2.24) is 15.0 Å². The fourth-order valence-electron chi connectivity index (χ4n) is 10.4. The van der Waals surface area contributed by atoms with E-state index in [2.05, 4.69) is 239 Å². The molecular weight excluding hydrogens is 901 g/mol. The summed E-state index contributed by atoms with van der Waals surface area (Å²) >= 11 is 3.61. The van der Waals surface area contributed by atoms with Gasteiger partial charge in [-0.15, -0.1) is 22.7 Å². The standard InChI is InChI=1S/C65H48N4S2/c1-40-28-29-44-34-48(65(2,3)4)39-55(43-22-12-7-13-23-43)60(44)69(40)61-53(41-18-8-5-9-19-41)35-47(36-54(61)42-20-10-6-11-21-42)64-67-62(45-30-32-51-49-24-14-16-26-56(49)70-58(51)37-45)66-63(68-64)46-31-33-52-50-25-15-17-27-57(50)71-59(52)38-46/h5-28,30-39H,29H2,1-4H3. The Morgan fingerprint density at radius 2 is 0.817 bits per heavy atom. The van der Waals surface area contributed by atoms with Crippen molar-refractivity contribution < 1.29 is 0 Å². The van der Waals surface area contributed by atoms with E-state index >= 15 is 0 Å². The Morgan fingerprint density at radius 1 is 0.394 bits per heavy atom. The number of allylic oxidation sites excluding steroid dienone is 2. The van der Waals surface area contributed by atoms with E-state index in [1.54, 1.807) is 22.7 Å². The van der Waals surface area contributed by atoms with Gasteiger partial charge in [-0.2, -0.15) is 0 Å². The van der Waals surface area contributed by atoms with Crippen LogP contribution < -0.4 is 4.90 Å². The molecule has 0 radical (unpaired) electrons. The lowest BCUT2D eigenvalue weighted by atomic mass is 9.81. The van der Waals surface area contributed by atoms with Crippen molar-refractivity contribution in [2.24, 2.45) is 0 Å². The molecule has 1 aliphatic rings. The minimum atomic E-state index is -0.0405. The summed E-state index contributed by atoms with van der Waals surface area (Å²) in [5.41, 5.74) is 15.7. The van der Waals surface area contributed by atoms with E-state index in [-0.39, 0.29) is 5.41 Å². The van der Waals surface area contributed by atoms with E-state index in [1.807, 2.05) is 0 Å². The molecule has 9 aromatic carbocycles. The van der Waals surface area contributed by atoms with Crippen LogP contribution in [0.4, 0.5) is 11.4 Å². The van der Waals surface area contributed by atoms with E-state index in [0.717, 1.165) is 51.1 Å². The van der Waals surface area contributed by atoms with Crippen molar-refractivity contribution in [1.29, 1.82) is 0 Å². The van der Waals surface area contributed by atoms with E-state index < -0.39 is 0 Å². The fraction of sp³-hybridized carbons (Fsp3) is 0.0923. The highest BCUT2D eigenvalue weighted by atomic mass is 32.1. The number of anilines is 2. The number of thiophene rings is 2. The maximum atomic E-state index is 5.47. The van der Waals surface area contributed by atoms with Gasteiger partial charge in [0.1, 0.15) is 0 Å². The molecule has 0 saturated carbocycles. The van der Waals surface area contributed by atoms with Gasteiger partial charge in [-0.05, 0) is 89.0 Å². The van der Waals surface area contributed by atoms with Crippen molar-refractivity contribution in [3.63, 3.8) is 0 Å². The summed E-state index contributed by atoms with van der Waals surface area (Å²) < 4.78 is 4.94. The third-order valence-corrected chi connectivity index (χ3v) is 16.3. The maximum absolute atomic E-state index is 5.47. The largest absolute Gasteiger partial charge is 0.313 e. The third-order valence-electron chi connectivity index (χ3n) is 14.0. The molecule has 0 bridgehead atoms. The summed E-state index contributed by atoms with van der Waals surface area (Å²) in [4.78, 5) is 18.8. The Morgan fingerprint density at radius 3 is 1.30 bits per heavy atom. The topological polar surface area (TPSA) is 41.9 Å². The van der Waals surface area contributed by atoms with Crippen LogP contribution in [0.3, 0.4) is 0 Å². The molecule has 1 aliphatic heterocycles. The van der Waals surface area contributed by atoms with Gasteiger partial charge in [0.25, 0.3) is 0 Å². The van der Waals surface area contributed by atoms with Crippen LogP contribution in [-0.4, -0.2) is 15.0 Å². The monoisotopic (exact) mass is 948 g/mol. The molecule has 4 nitrogen and oxygen atoms in total. The first-order valence-electron chi connectivity index (χ1n) is 24.3. The van der Waals surface area contributed by atoms with Crippen LogP contribution in [0, 0.1) is 0 Å². The molecular formula is C65H48N4S2. The summed E-state index contributed by atoms with van der Waals surface area (Å²) in [5.74, 6) is 1.89. The number of benzene rings is 9. The number of hydrogen-bond donors (Lipinski definition) is 0. The van der Waals surface area contributed by atoms with Crippen LogP contribution in [0.5, 0.6) is 0 Å². The predicted molar refractivity (Wildman–Crippen MR) is 303 cm³/mol. The van der Waals surface area contributed by atoms with Gasteiger partial charge in [0.15, 0.2) is 17.5 Å². The minimum absolute atomic E-state index is 0.0405. The first-order valence-corrected chi connectivity index (χ1v) is 25.9. The minimum Gasteiger partial charge on any atom is -0.313 e. The van der Waals surface area contributed by atoms with Crippen LogP contribution in [0.25, 0.3) is 108 Å². The molecule has 0 atom stereocenters. The molecule has 0 aliphatic carbocycles. The smallest absolute Gasteiger partial charge is 0.164 e. The maximum Gasteiger partial charge on any atom is 0.164 e. The molecule has 0 spiro atoms. The fourth-order valence-corrected chi connectivity index (χ4v) is 12.7. The summed E-state index contributed by atoms with van der Waals surface area (Å²) in [7, 11) is 0. The highest BCUT2D eigenvalue weighted by molar-refractivity contribution is 7.26. The van der Waals surface area contributed by atoms with Gasteiger partial charge < -0.3 is 4.90 Å². The molecule has 0 saturated heterocycles. The average Bonchev–Trinajstić information content (AvgIpc) is 3.98. The second-order valence-corrected chi connectivity index (χ2v) is 21.8. The first-order chi connectivity index (χ1) is 34.7. The molecule has 4 heterocycles. The van der Waals surface area contributed by atoms with Crippen molar-refractivity contribution in [3.8, 4) is 67.5 Å². The quantitative estimate of drug-likeness (QED) is 0.160. The Bertz CT molecular complexity index is 3880. The van der Waals surface area contributed by atoms with Gasteiger partial charge in [0, 0.05) is 79.4 Å². The van der Waals surface area contributed by atoms with Crippen molar-refractivity contribution >= 4 is 74.4 Å². The predicted octanol–water partition coefficient (Wildman–Crippen LogP) is 18.5. The Labute approximate surface area is 421 Å². The normalized spacial score (nSPS) is 12.8. The summed E-state index contributed by atoms with van der Waals surface area (Å²) in [6, 6.07) is 72.7. The van der Waals surface area contributed by atoms with Gasteiger partial charge in [0.05, 0.1) is 11.4 Å². The van der Waals surface area contributed by atoms with Gasteiger partial charge in [-0.1, -0.05) is 185 Å². The Balaban J connectivity index is 1.08. The van der Waals surface area contributed by atoms with Crippen molar-refractivity contribution in [3.05, 3.63) is 223 Å². The van der Waals surface area contributed by atoms with Crippen molar-refractivity contribution in [2.75, 3.05) is 4.90 Å². The Hall–Kier alpha value is -8.03. The molecule has 71 heavy (non-hydrogen) atoms. The van der Waals surface area contributed by atoms with E-state index in [0.29, 0.717) is 17.5 Å². The highest BCUT2D eigenvalue weighted by Crippen LogP contribution is 2.52. The molecule has 0 N–H and O–H groups in total. The van der Waals surface area contributed by atoms with Crippen LogP contribution in [-0.2, 0) is 11.8 Å². The molecule has 340 valence electrons. The third kappa shape index (κ3) is 7.62. The van der Waals surface area contributed by atoms with Crippen molar-refractivity contribution in [2.45, 2.75) is 39.5 Å². The lowest BCUT2D eigenvalue weighted by Gasteiger charge is -2.37. The molecule has 0 fully saturated rings. The molecule has 3 aromatic heterocycles. The lowest BCUT2D eigenvalue weighted by molar-refractivity contribution is 0.589. The summed E-state index contributed by atoms with van der Waals surface area (Å²) in [5, 5.41) is 5.01. The Kier molecular flexibility index (Phi) is 10.4. The zero-order valence-electron chi connectivity index (χ0n) is 39.9. The highest BCUT2D eigenvalue weighted by Gasteiger charge is 2.31. The van der Waals surface area contributed by atoms with Crippen LogP contribution >= 0.6 is 22.7 Å². The van der Waals surface area contributed by atoms with E-state index in [4.69, 9.17) is 15.0 Å². The lowest BCUT2D eigenvalue weighted by Crippen LogP contribution is -2.23. The summed E-state index contributed by atoms with van der Waals surface area (Å²) in [6.45, 7) is 9.20. The zero-order chi connectivity index (χ0) is 47.8. The molecule has 0 unspecified atom stereocenters. The van der Waals surface area contributed by atoms with Crippen LogP contribution in [0.2, 0.25) is 0 Å².